The number of hydrogen-bond acceptors (Lipinski definition) is 7. The Morgan fingerprint density at radius 1 is 1.56 bits per heavy atom. The summed E-state index contributed by atoms with van der Waals surface area (Å²) in [6.45, 7) is 0. The number of nitro groups is 1. The van der Waals surface area contributed by atoms with Crippen LogP contribution in [0.5, 0.6) is 0 Å². The van der Waals surface area contributed by atoms with Crippen LogP contribution in [-0.2, 0) is 9.84 Å². The molecule has 10 heteroatoms. The molecule has 0 aliphatic carbocycles. The highest BCUT2D eigenvalue weighted by Crippen LogP contribution is 2.24. The molecule has 1 aromatic heterocycles. The van der Waals surface area contributed by atoms with E-state index in [0.29, 0.717) is 0 Å². The summed E-state index contributed by atoms with van der Waals surface area (Å²) in [5, 5.41) is 14.3. The highest BCUT2D eigenvalue weighted by atomic mass is 35.5. The minimum absolute atomic E-state index is 0.105. The second-order valence-electron chi connectivity index (χ2n) is 3.54. The molecular weight excluding hydrogens is 284 g/mol. The topological polar surface area (TPSA) is 115 Å². The van der Waals surface area contributed by atoms with Crippen molar-refractivity contribution in [1.29, 1.82) is 0 Å². The van der Waals surface area contributed by atoms with Crippen LogP contribution in [-0.4, -0.2) is 35.1 Å². The third kappa shape index (κ3) is 2.74. The molecule has 0 radical (unpaired) electrons. The van der Waals surface area contributed by atoms with Gasteiger partial charge in [0.25, 0.3) is 0 Å². The first-order valence-electron chi connectivity index (χ1n) is 4.72. The van der Waals surface area contributed by atoms with Gasteiger partial charge in [-0.2, -0.15) is 4.98 Å². The molecule has 0 saturated carbocycles. The highest BCUT2D eigenvalue weighted by molar-refractivity contribution is 7.94. The molecule has 1 atom stereocenters. The largest absolute Gasteiger partial charge is 0.357 e. The van der Waals surface area contributed by atoms with Crippen molar-refractivity contribution >= 4 is 32.9 Å². The zero-order valence-corrected chi connectivity index (χ0v) is 10.3. The second kappa shape index (κ2) is 4.50. The van der Waals surface area contributed by atoms with Gasteiger partial charge in [-0.25, -0.2) is 13.4 Å². The summed E-state index contributed by atoms with van der Waals surface area (Å²) in [7, 11) is -3.25. The van der Waals surface area contributed by atoms with Crippen LogP contribution in [0.1, 0.15) is 0 Å². The molecule has 0 spiro atoms. The van der Waals surface area contributed by atoms with Gasteiger partial charge < -0.3 is 5.32 Å². The van der Waals surface area contributed by atoms with Crippen molar-refractivity contribution in [3.05, 3.63) is 33.1 Å². The van der Waals surface area contributed by atoms with Crippen molar-refractivity contribution in [1.82, 2.24) is 9.97 Å². The molecule has 1 unspecified atom stereocenters. The zero-order chi connectivity index (χ0) is 13.3. The summed E-state index contributed by atoms with van der Waals surface area (Å²) in [5.41, 5.74) is -0.364. The van der Waals surface area contributed by atoms with E-state index in [1.165, 1.54) is 6.08 Å². The van der Waals surface area contributed by atoms with Gasteiger partial charge in [-0.1, -0.05) is 0 Å². The predicted octanol–water partition coefficient (Wildman–Crippen LogP) is 0.761. The van der Waals surface area contributed by atoms with Crippen LogP contribution in [0.2, 0.25) is 5.28 Å². The SMILES string of the molecule is O=[N+]([O-])c1cnc(Cl)nc1NC1C=CS(=O)(=O)C1. The Kier molecular flexibility index (Phi) is 3.18. The Bertz CT molecular complexity index is 630. The van der Waals surface area contributed by atoms with Gasteiger partial charge in [0.15, 0.2) is 9.84 Å². The van der Waals surface area contributed by atoms with Gasteiger partial charge in [0.05, 0.1) is 16.7 Å². The van der Waals surface area contributed by atoms with E-state index in [2.05, 4.69) is 15.3 Å². The van der Waals surface area contributed by atoms with Gasteiger partial charge in [-0.15, -0.1) is 0 Å². The maximum absolute atomic E-state index is 11.2. The molecule has 1 N–H and O–H groups in total. The third-order valence-electron chi connectivity index (χ3n) is 2.19. The number of aromatic nitrogens is 2. The summed E-state index contributed by atoms with van der Waals surface area (Å²) in [6.07, 6.45) is 2.36. The maximum Gasteiger partial charge on any atom is 0.329 e. The van der Waals surface area contributed by atoms with Crippen LogP contribution in [0.3, 0.4) is 0 Å². The van der Waals surface area contributed by atoms with Crippen molar-refractivity contribution in [2.45, 2.75) is 6.04 Å². The van der Waals surface area contributed by atoms with Gasteiger partial charge >= 0.3 is 5.69 Å². The fourth-order valence-electron chi connectivity index (χ4n) is 1.44. The average molecular weight is 291 g/mol. The lowest BCUT2D eigenvalue weighted by atomic mass is 10.3. The third-order valence-corrected chi connectivity index (χ3v) is 3.77. The number of sulfone groups is 1. The smallest absolute Gasteiger partial charge is 0.329 e. The average Bonchev–Trinajstić information content (AvgIpc) is 2.57. The van der Waals surface area contributed by atoms with Crippen LogP contribution in [0, 0.1) is 10.1 Å². The van der Waals surface area contributed by atoms with Gasteiger partial charge in [-0.3, -0.25) is 10.1 Å². The first kappa shape index (κ1) is 12.7. The Hall–Kier alpha value is -1.74. The second-order valence-corrected chi connectivity index (χ2v) is 5.81. The molecule has 1 aliphatic rings. The van der Waals surface area contributed by atoms with Crippen molar-refractivity contribution in [3.63, 3.8) is 0 Å². The Morgan fingerprint density at radius 2 is 2.28 bits per heavy atom. The Morgan fingerprint density at radius 3 is 2.83 bits per heavy atom. The normalized spacial score (nSPS) is 20.8. The molecule has 96 valence electrons. The van der Waals surface area contributed by atoms with Crippen LogP contribution >= 0.6 is 11.6 Å². The van der Waals surface area contributed by atoms with E-state index < -0.39 is 20.8 Å². The Balaban J connectivity index is 2.27. The van der Waals surface area contributed by atoms with Crippen molar-refractivity contribution in [2.75, 3.05) is 11.1 Å². The molecule has 18 heavy (non-hydrogen) atoms. The van der Waals surface area contributed by atoms with Crippen molar-refractivity contribution in [3.8, 4) is 0 Å². The van der Waals surface area contributed by atoms with E-state index in [0.717, 1.165) is 11.6 Å². The van der Waals surface area contributed by atoms with Crippen LogP contribution in [0.4, 0.5) is 11.5 Å². The number of rotatable bonds is 3. The van der Waals surface area contributed by atoms with Crippen molar-refractivity contribution < 1.29 is 13.3 Å². The molecule has 0 aromatic carbocycles. The minimum atomic E-state index is -3.25. The van der Waals surface area contributed by atoms with E-state index in [-0.39, 0.29) is 22.5 Å². The zero-order valence-electron chi connectivity index (χ0n) is 8.78. The summed E-state index contributed by atoms with van der Waals surface area (Å²) in [6, 6.07) is -0.570. The standard InChI is InChI=1S/C8H7ClN4O4S/c9-8-10-3-6(13(14)15)7(12-8)11-5-1-2-18(16,17)4-5/h1-3,5H,4H2,(H,10,11,12). The number of nitrogens with one attached hydrogen (secondary N) is 1. The highest BCUT2D eigenvalue weighted by Gasteiger charge is 2.25. The van der Waals surface area contributed by atoms with E-state index in [1.54, 1.807) is 0 Å². The molecule has 8 nitrogen and oxygen atoms in total. The minimum Gasteiger partial charge on any atom is -0.357 e. The molecule has 2 heterocycles. The number of anilines is 1. The Labute approximate surface area is 107 Å². The molecule has 0 fully saturated rings. The van der Waals surface area contributed by atoms with Crippen LogP contribution in [0.25, 0.3) is 0 Å². The fourth-order valence-corrected chi connectivity index (χ4v) is 2.80. The van der Waals surface area contributed by atoms with Gasteiger partial charge in [0.1, 0.15) is 6.20 Å². The van der Waals surface area contributed by atoms with E-state index in [1.807, 2.05) is 0 Å². The van der Waals surface area contributed by atoms with E-state index in [4.69, 9.17) is 11.6 Å². The lowest BCUT2D eigenvalue weighted by Crippen LogP contribution is -2.22. The quantitative estimate of drug-likeness (QED) is 0.496. The summed E-state index contributed by atoms with van der Waals surface area (Å²) >= 11 is 5.54. The van der Waals surface area contributed by atoms with Gasteiger partial charge in [-0.05, 0) is 17.7 Å². The number of halogens is 1. The molecule has 1 aromatic rings. The van der Waals surface area contributed by atoms with Crippen LogP contribution < -0.4 is 5.32 Å². The first-order chi connectivity index (χ1) is 8.37. The summed E-state index contributed by atoms with van der Waals surface area (Å²) in [4.78, 5) is 17.2. The van der Waals surface area contributed by atoms with E-state index in [9.17, 15) is 18.5 Å². The molecule has 1 aliphatic heterocycles. The van der Waals surface area contributed by atoms with Gasteiger partial charge in [0, 0.05) is 5.41 Å². The monoisotopic (exact) mass is 290 g/mol. The fraction of sp³-hybridized carbons (Fsp3) is 0.250. The lowest BCUT2D eigenvalue weighted by Gasteiger charge is -2.10. The summed E-state index contributed by atoms with van der Waals surface area (Å²) < 4.78 is 22.4. The van der Waals surface area contributed by atoms with E-state index >= 15 is 0 Å². The number of hydrogen-bond donors (Lipinski definition) is 1. The predicted molar refractivity (Wildman–Crippen MR) is 64.0 cm³/mol. The maximum atomic E-state index is 11.2. The van der Waals surface area contributed by atoms with Crippen molar-refractivity contribution in [2.24, 2.45) is 0 Å². The molecule has 0 bridgehead atoms. The lowest BCUT2D eigenvalue weighted by molar-refractivity contribution is -0.384. The number of nitrogens with zero attached hydrogens (tertiary/aromatic N) is 3. The van der Waals surface area contributed by atoms with Crippen LogP contribution in [0.15, 0.2) is 17.7 Å². The molecule has 0 amide bonds. The molecule has 0 saturated heterocycles. The molecular formula is C8H7ClN4O4S. The summed E-state index contributed by atoms with van der Waals surface area (Å²) in [5.74, 6) is -0.280. The first-order valence-corrected chi connectivity index (χ1v) is 6.81. The molecule has 2 rings (SSSR count). The van der Waals surface area contributed by atoms with Gasteiger partial charge in [0.2, 0.25) is 11.1 Å².